The number of thiophene rings is 1. The number of aryl methyl sites for hydroxylation is 2. The van der Waals surface area contributed by atoms with Crippen LogP contribution in [0, 0.1) is 13.8 Å². The van der Waals surface area contributed by atoms with E-state index in [4.69, 9.17) is 0 Å². The molecule has 0 saturated carbocycles. The number of para-hydroxylation sites is 1. The van der Waals surface area contributed by atoms with Gasteiger partial charge < -0.3 is 9.47 Å². The van der Waals surface area contributed by atoms with E-state index in [1.165, 1.54) is 208 Å². The summed E-state index contributed by atoms with van der Waals surface area (Å²) in [7, 11) is 0. The predicted octanol–water partition coefficient (Wildman–Crippen LogP) is 23.9. The summed E-state index contributed by atoms with van der Waals surface area (Å²) in [5.41, 5.74) is 20.8. The van der Waals surface area contributed by atoms with Crippen LogP contribution in [0.3, 0.4) is 0 Å². The van der Waals surface area contributed by atoms with Crippen LogP contribution in [0.4, 0.5) is 17.1 Å². The maximum Gasteiger partial charge on any atom is 0.0547 e. The van der Waals surface area contributed by atoms with Gasteiger partial charge in [-0.1, -0.05) is 243 Å². The SMILES string of the molecule is CCCCCCCCCCC1(CCCCCCCCCC)c2cc(C)ccc2-c2ccc(-c3ccc(N(c4ccc(C)cc4)c4ccc(-c5ccc6c7ccccc7n(-c7ccc8sc9ccccc9c8c7)c6c5)cc4)cc3)cc21. The molecule has 0 fully saturated rings. The molecule has 0 aliphatic heterocycles. The van der Waals surface area contributed by atoms with Crippen molar-refractivity contribution in [1.29, 1.82) is 0 Å². The minimum atomic E-state index is 0.0460. The van der Waals surface area contributed by atoms with E-state index in [2.05, 4.69) is 231 Å². The number of benzene rings is 9. The Hall–Kier alpha value is -7.20. The summed E-state index contributed by atoms with van der Waals surface area (Å²) in [4.78, 5) is 2.42. The Morgan fingerprint density at radius 1 is 0.362 bits per heavy atom. The molecule has 0 spiro atoms. The third-order valence-corrected chi connectivity index (χ3v) is 19.1. The molecule has 0 unspecified atom stereocenters. The van der Waals surface area contributed by atoms with Crippen LogP contribution in [-0.4, -0.2) is 4.57 Å². The lowest BCUT2D eigenvalue weighted by atomic mass is 9.70. The molecule has 9 aromatic carbocycles. The normalized spacial score (nSPS) is 12.8. The Bertz CT molecular complexity index is 3870. The van der Waals surface area contributed by atoms with E-state index in [1.807, 2.05) is 11.3 Å². The van der Waals surface area contributed by atoms with E-state index in [0.29, 0.717) is 0 Å². The standard InChI is InChI=1S/C77H80N2S/c1-5-7-9-11-13-15-17-23-49-77(50-24-18-16-14-12-10-8-6-2)71-51-56(4)31-45-65(71)66-46-36-59(52-72(66)77)57-32-40-62(41-33-57)78(61-38-29-55(3)30-39-61)63-42-34-58(35-43-63)60-37-47-68-67-25-19-21-27-73(67)79(74(68)53-60)64-44-48-76-70(54-64)69-26-20-22-28-75(69)80-76/h19-22,25-48,51-54H,5-18,23-24,49-50H2,1-4H3. The van der Waals surface area contributed by atoms with Crippen LogP contribution < -0.4 is 4.90 Å². The molecule has 2 aromatic heterocycles. The Kier molecular flexibility index (Phi) is 16.2. The summed E-state index contributed by atoms with van der Waals surface area (Å²) in [5.74, 6) is 0. The maximum atomic E-state index is 2.62. The average molecular weight is 1070 g/mol. The predicted molar refractivity (Wildman–Crippen MR) is 349 cm³/mol. The molecular weight excluding hydrogens is 985 g/mol. The van der Waals surface area contributed by atoms with Crippen molar-refractivity contribution in [3.8, 4) is 39.1 Å². The highest BCUT2D eigenvalue weighted by Crippen LogP contribution is 2.55. The molecule has 2 heterocycles. The lowest BCUT2D eigenvalue weighted by Gasteiger charge is -2.33. The smallest absolute Gasteiger partial charge is 0.0547 e. The van der Waals surface area contributed by atoms with Crippen molar-refractivity contribution in [3.63, 3.8) is 0 Å². The Labute approximate surface area is 481 Å². The highest BCUT2D eigenvalue weighted by atomic mass is 32.1. The minimum Gasteiger partial charge on any atom is -0.311 e. The molecule has 80 heavy (non-hydrogen) atoms. The summed E-state index contributed by atoms with van der Waals surface area (Å²) >= 11 is 1.87. The second-order valence-corrected chi connectivity index (χ2v) is 24.6. The first-order chi connectivity index (χ1) is 39.4. The molecule has 0 N–H and O–H groups in total. The third kappa shape index (κ3) is 10.8. The largest absolute Gasteiger partial charge is 0.311 e. The second-order valence-electron chi connectivity index (χ2n) is 23.5. The van der Waals surface area contributed by atoms with Gasteiger partial charge in [0.2, 0.25) is 0 Å². The van der Waals surface area contributed by atoms with Crippen LogP contribution >= 0.6 is 11.3 Å². The van der Waals surface area contributed by atoms with Gasteiger partial charge in [-0.3, -0.25) is 0 Å². The van der Waals surface area contributed by atoms with Gasteiger partial charge >= 0.3 is 0 Å². The van der Waals surface area contributed by atoms with Gasteiger partial charge in [-0.15, -0.1) is 11.3 Å². The van der Waals surface area contributed by atoms with Crippen LogP contribution in [0.15, 0.2) is 194 Å². The Morgan fingerprint density at radius 3 is 1.48 bits per heavy atom. The van der Waals surface area contributed by atoms with Crippen molar-refractivity contribution in [2.45, 2.75) is 149 Å². The van der Waals surface area contributed by atoms with Crippen LogP contribution in [0.1, 0.15) is 152 Å². The van der Waals surface area contributed by atoms with Crippen molar-refractivity contribution >= 4 is 70.4 Å². The number of aromatic nitrogens is 1. The van der Waals surface area contributed by atoms with Gasteiger partial charge in [0, 0.05) is 59.1 Å². The Balaban J connectivity index is 0.848. The summed E-state index contributed by atoms with van der Waals surface area (Å²) in [6.45, 7) is 9.12. The first kappa shape index (κ1) is 53.4. The topological polar surface area (TPSA) is 8.17 Å². The second kappa shape index (κ2) is 24.3. The van der Waals surface area contributed by atoms with Crippen molar-refractivity contribution in [2.24, 2.45) is 0 Å². The highest BCUT2D eigenvalue weighted by molar-refractivity contribution is 7.25. The molecule has 11 aromatic rings. The molecule has 12 rings (SSSR count). The number of rotatable bonds is 24. The number of hydrogen-bond donors (Lipinski definition) is 0. The monoisotopic (exact) mass is 1060 g/mol. The molecule has 1 aliphatic carbocycles. The molecule has 0 saturated heterocycles. The fourth-order valence-electron chi connectivity index (χ4n) is 13.6. The van der Waals surface area contributed by atoms with Gasteiger partial charge in [0.1, 0.15) is 0 Å². The zero-order valence-corrected chi connectivity index (χ0v) is 48.8. The molecule has 3 heteroatoms. The summed E-state index contributed by atoms with van der Waals surface area (Å²) in [5, 5.41) is 5.17. The fourth-order valence-corrected chi connectivity index (χ4v) is 14.7. The number of fused-ring (bicyclic) bond motifs is 9. The first-order valence-electron chi connectivity index (χ1n) is 30.7. The number of nitrogens with zero attached hydrogens (tertiary/aromatic N) is 2. The van der Waals surface area contributed by atoms with E-state index < -0.39 is 0 Å². The van der Waals surface area contributed by atoms with Crippen LogP contribution in [0.5, 0.6) is 0 Å². The summed E-state index contributed by atoms with van der Waals surface area (Å²) in [6.07, 6.45) is 24.1. The van der Waals surface area contributed by atoms with E-state index in [0.717, 1.165) is 17.1 Å². The van der Waals surface area contributed by atoms with Gasteiger partial charge in [0.25, 0.3) is 0 Å². The average Bonchev–Trinajstić information content (AvgIpc) is 4.21. The zero-order valence-electron chi connectivity index (χ0n) is 48.0. The van der Waals surface area contributed by atoms with Gasteiger partial charge in [0.05, 0.1) is 11.0 Å². The molecule has 0 radical (unpaired) electrons. The number of hydrogen-bond acceptors (Lipinski definition) is 2. The molecule has 0 atom stereocenters. The fraction of sp³-hybridized carbons (Fsp3) is 0.299. The minimum absolute atomic E-state index is 0.0460. The highest BCUT2D eigenvalue weighted by Gasteiger charge is 2.42. The van der Waals surface area contributed by atoms with Crippen molar-refractivity contribution in [3.05, 3.63) is 216 Å². The van der Waals surface area contributed by atoms with Crippen molar-refractivity contribution < 1.29 is 0 Å². The third-order valence-electron chi connectivity index (χ3n) is 17.9. The molecule has 0 bridgehead atoms. The van der Waals surface area contributed by atoms with E-state index in [1.54, 1.807) is 11.1 Å². The van der Waals surface area contributed by atoms with Crippen molar-refractivity contribution in [1.82, 2.24) is 4.57 Å². The maximum absolute atomic E-state index is 2.62. The van der Waals surface area contributed by atoms with Crippen molar-refractivity contribution in [2.75, 3.05) is 4.90 Å². The summed E-state index contributed by atoms with van der Waals surface area (Å²) in [6, 6.07) is 74.1. The van der Waals surface area contributed by atoms with Crippen LogP contribution in [-0.2, 0) is 5.41 Å². The van der Waals surface area contributed by atoms with Gasteiger partial charge in [-0.2, -0.15) is 0 Å². The summed E-state index contributed by atoms with van der Waals surface area (Å²) < 4.78 is 5.12. The molecule has 1 aliphatic rings. The zero-order chi connectivity index (χ0) is 54.4. The quantitative estimate of drug-likeness (QED) is 0.0548. The van der Waals surface area contributed by atoms with E-state index in [9.17, 15) is 0 Å². The van der Waals surface area contributed by atoms with Crippen LogP contribution in [0.25, 0.3) is 81.0 Å². The van der Waals surface area contributed by atoms with E-state index in [-0.39, 0.29) is 5.41 Å². The van der Waals surface area contributed by atoms with Gasteiger partial charge in [-0.25, -0.2) is 0 Å². The van der Waals surface area contributed by atoms with E-state index >= 15 is 0 Å². The van der Waals surface area contributed by atoms with Gasteiger partial charge in [0.15, 0.2) is 0 Å². The Morgan fingerprint density at radius 2 is 0.838 bits per heavy atom. The lowest BCUT2D eigenvalue weighted by Crippen LogP contribution is -2.25. The first-order valence-corrected chi connectivity index (χ1v) is 31.5. The molecular formula is C77H80N2S. The van der Waals surface area contributed by atoms with Crippen LogP contribution in [0.2, 0.25) is 0 Å². The number of unbranched alkanes of at least 4 members (excludes halogenated alkanes) is 14. The molecule has 404 valence electrons. The molecule has 0 amide bonds. The lowest BCUT2D eigenvalue weighted by molar-refractivity contribution is 0.397. The van der Waals surface area contributed by atoms with Gasteiger partial charge in [-0.05, 0) is 150 Å². The molecule has 2 nitrogen and oxygen atoms in total. The number of anilines is 3.